The fourth-order valence-corrected chi connectivity index (χ4v) is 2.18. The lowest BCUT2D eigenvalue weighted by Crippen LogP contribution is -2.38. The molecule has 96 valence electrons. The summed E-state index contributed by atoms with van der Waals surface area (Å²) in [6.45, 7) is 6.27. The highest BCUT2D eigenvalue weighted by Crippen LogP contribution is 2.26. The number of halogens is 2. The lowest BCUT2D eigenvalue weighted by atomic mass is 10.0. The second kappa shape index (κ2) is 6.60. The zero-order chi connectivity index (χ0) is 13.0. The zero-order valence-corrected chi connectivity index (χ0v) is 11.9. The Morgan fingerprint density at radius 1 is 1.24 bits per heavy atom. The van der Waals surface area contributed by atoms with Gasteiger partial charge in [-0.15, -0.1) is 0 Å². The van der Waals surface area contributed by atoms with Gasteiger partial charge in [0.15, 0.2) is 0 Å². The number of hydrogen-bond donors (Lipinski definition) is 2. The summed E-state index contributed by atoms with van der Waals surface area (Å²) in [6.07, 6.45) is 0. The molecule has 0 aliphatic heterocycles. The van der Waals surface area contributed by atoms with E-state index in [0.29, 0.717) is 16.0 Å². The minimum Gasteiger partial charge on any atom is -0.395 e. The van der Waals surface area contributed by atoms with E-state index in [0.717, 1.165) is 5.56 Å². The number of aliphatic hydroxyl groups is 1. The molecule has 0 aliphatic rings. The van der Waals surface area contributed by atoms with Gasteiger partial charge in [0.25, 0.3) is 0 Å². The Balaban J connectivity index is 2.81. The van der Waals surface area contributed by atoms with Crippen LogP contribution in [0, 0.1) is 5.92 Å². The summed E-state index contributed by atoms with van der Waals surface area (Å²) >= 11 is 12.1. The van der Waals surface area contributed by atoms with Crippen molar-refractivity contribution in [2.45, 2.75) is 32.9 Å². The van der Waals surface area contributed by atoms with Crippen LogP contribution in [0.3, 0.4) is 0 Å². The van der Waals surface area contributed by atoms with Gasteiger partial charge < -0.3 is 10.4 Å². The fraction of sp³-hybridized carbons (Fsp3) is 0.538. The maximum atomic E-state index is 9.29. The molecule has 0 heterocycles. The van der Waals surface area contributed by atoms with Crippen LogP contribution in [-0.4, -0.2) is 17.8 Å². The van der Waals surface area contributed by atoms with E-state index in [4.69, 9.17) is 23.2 Å². The third-order valence-electron chi connectivity index (χ3n) is 2.89. The molecule has 0 fully saturated rings. The molecule has 1 aromatic rings. The van der Waals surface area contributed by atoms with Crippen LogP contribution in [0.4, 0.5) is 0 Å². The molecule has 4 heteroatoms. The highest BCUT2D eigenvalue weighted by atomic mass is 35.5. The monoisotopic (exact) mass is 275 g/mol. The van der Waals surface area contributed by atoms with E-state index in [1.165, 1.54) is 0 Å². The molecule has 0 aliphatic carbocycles. The van der Waals surface area contributed by atoms with Gasteiger partial charge >= 0.3 is 0 Å². The normalized spacial score (nSPS) is 15.0. The first-order valence-electron chi connectivity index (χ1n) is 5.77. The zero-order valence-electron chi connectivity index (χ0n) is 10.4. The van der Waals surface area contributed by atoms with Gasteiger partial charge in [0.1, 0.15) is 0 Å². The molecule has 0 bridgehead atoms. The molecule has 1 rings (SSSR count). The smallest absolute Gasteiger partial charge is 0.0587 e. The Hall–Kier alpha value is -0.280. The van der Waals surface area contributed by atoms with Crippen LogP contribution < -0.4 is 5.32 Å². The van der Waals surface area contributed by atoms with Crippen LogP contribution in [0.1, 0.15) is 32.4 Å². The van der Waals surface area contributed by atoms with Crippen molar-refractivity contribution in [1.82, 2.24) is 5.32 Å². The van der Waals surface area contributed by atoms with Crippen molar-refractivity contribution in [3.8, 4) is 0 Å². The number of hydrogen-bond acceptors (Lipinski definition) is 2. The standard InChI is InChI=1S/C13H19Cl2NO/c1-8(2)13(7-17)16-9(3)11-6-10(14)4-5-12(11)15/h4-6,8-9,13,16-17H,7H2,1-3H3/t9?,13-/m1/s1. The lowest BCUT2D eigenvalue weighted by molar-refractivity contribution is 0.201. The molecule has 2 nitrogen and oxygen atoms in total. The van der Waals surface area contributed by atoms with Crippen molar-refractivity contribution in [3.63, 3.8) is 0 Å². The van der Waals surface area contributed by atoms with E-state index in [2.05, 4.69) is 19.2 Å². The first kappa shape index (κ1) is 14.8. The molecule has 2 atom stereocenters. The Morgan fingerprint density at radius 3 is 2.41 bits per heavy atom. The summed E-state index contributed by atoms with van der Waals surface area (Å²) in [6, 6.07) is 5.53. The molecule has 2 N–H and O–H groups in total. The Morgan fingerprint density at radius 2 is 1.88 bits per heavy atom. The van der Waals surface area contributed by atoms with E-state index >= 15 is 0 Å². The highest BCUT2D eigenvalue weighted by molar-refractivity contribution is 6.33. The molecular formula is C13H19Cl2NO. The van der Waals surface area contributed by atoms with Crippen molar-refractivity contribution in [1.29, 1.82) is 0 Å². The largest absolute Gasteiger partial charge is 0.395 e. The second-order valence-electron chi connectivity index (χ2n) is 4.59. The summed E-state index contributed by atoms with van der Waals surface area (Å²) in [7, 11) is 0. The Kier molecular flexibility index (Phi) is 5.74. The molecular weight excluding hydrogens is 257 g/mol. The molecule has 0 spiro atoms. The van der Waals surface area contributed by atoms with E-state index in [1.54, 1.807) is 12.1 Å². The molecule has 0 saturated carbocycles. The first-order valence-corrected chi connectivity index (χ1v) is 6.53. The van der Waals surface area contributed by atoms with Crippen LogP contribution in [-0.2, 0) is 0 Å². The third kappa shape index (κ3) is 4.14. The lowest BCUT2D eigenvalue weighted by Gasteiger charge is -2.25. The molecule has 1 aromatic carbocycles. The molecule has 1 unspecified atom stereocenters. The predicted molar refractivity (Wildman–Crippen MR) is 73.7 cm³/mol. The summed E-state index contributed by atoms with van der Waals surface area (Å²) in [5.74, 6) is 0.361. The quantitative estimate of drug-likeness (QED) is 0.860. The van der Waals surface area contributed by atoms with E-state index < -0.39 is 0 Å². The SMILES string of the molecule is CC(N[C@H](CO)C(C)C)c1cc(Cl)ccc1Cl. The summed E-state index contributed by atoms with van der Waals surface area (Å²) in [4.78, 5) is 0. The van der Waals surface area contributed by atoms with E-state index in [9.17, 15) is 5.11 Å². The van der Waals surface area contributed by atoms with Gasteiger partial charge in [-0.25, -0.2) is 0 Å². The third-order valence-corrected chi connectivity index (χ3v) is 3.47. The van der Waals surface area contributed by atoms with Gasteiger partial charge in [0.05, 0.1) is 6.61 Å². The Labute approximate surface area is 113 Å². The van der Waals surface area contributed by atoms with Gasteiger partial charge in [-0.3, -0.25) is 0 Å². The van der Waals surface area contributed by atoms with Crippen molar-refractivity contribution < 1.29 is 5.11 Å². The summed E-state index contributed by atoms with van der Waals surface area (Å²) < 4.78 is 0. The maximum absolute atomic E-state index is 9.29. The molecule has 0 radical (unpaired) electrons. The van der Waals surface area contributed by atoms with Crippen LogP contribution >= 0.6 is 23.2 Å². The molecule has 0 amide bonds. The van der Waals surface area contributed by atoms with Crippen molar-refractivity contribution in [3.05, 3.63) is 33.8 Å². The van der Waals surface area contributed by atoms with Crippen LogP contribution in [0.15, 0.2) is 18.2 Å². The average Bonchev–Trinajstić information content (AvgIpc) is 2.28. The number of aliphatic hydroxyl groups excluding tert-OH is 1. The summed E-state index contributed by atoms with van der Waals surface area (Å²) in [5.41, 5.74) is 0.957. The average molecular weight is 276 g/mol. The number of rotatable bonds is 5. The van der Waals surface area contributed by atoms with Gasteiger partial charge in [-0.2, -0.15) is 0 Å². The number of nitrogens with one attached hydrogen (secondary N) is 1. The van der Waals surface area contributed by atoms with Gasteiger partial charge in [0, 0.05) is 22.1 Å². The first-order chi connectivity index (χ1) is 7.95. The van der Waals surface area contributed by atoms with Crippen LogP contribution in [0.5, 0.6) is 0 Å². The van der Waals surface area contributed by atoms with Crippen LogP contribution in [0.2, 0.25) is 10.0 Å². The van der Waals surface area contributed by atoms with Gasteiger partial charge in [-0.05, 0) is 36.6 Å². The molecule has 17 heavy (non-hydrogen) atoms. The number of benzene rings is 1. The van der Waals surface area contributed by atoms with E-state index in [-0.39, 0.29) is 18.7 Å². The van der Waals surface area contributed by atoms with Gasteiger partial charge in [0.2, 0.25) is 0 Å². The fourth-order valence-electron chi connectivity index (χ4n) is 1.71. The Bertz CT molecular complexity index is 368. The summed E-state index contributed by atoms with van der Waals surface area (Å²) in [5, 5.41) is 14.0. The van der Waals surface area contributed by atoms with Crippen molar-refractivity contribution in [2.75, 3.05) is 6.61 Å². The van der Waals surface area contributed by atoms with E-state index in [1.807, 2.05) is 13.0 Å². The molecule has 0 aromatic heterocycles. The second-order valence-corrected chi connectivity index (χ2v) is 5.43. The minimum atomic E-state index is 0.0556. The van der Waals surface area contributed by atoms with Crippen molar-refractivity contribution in [2.24, 2.45) is 5.92 Å². The predicted octanol–water partition coefficient (Wildman–Crippen LogP) is 3.66. The maximum Gasteiger partial charge on any atom is 0.0587 e. The topological polar surface area (TPSA) is 32.3 Å². The minimum absolute atomic E-state index is 0.0556. The molecule has 0 saturated heterocycles. The van der Waals surface area contributed by atoms with Gasteiger partial charge in [-0.1, -0.05) is 37.0 Å². The van der Waals surface area contributed by atoms with Crippen LogP contribution in [0.25, 0.3) is 0 Å². The highest BCUT2D eigenvalue weighted by Gasteiger charge is 2.17. The van der Waals surface area contributed by atoms with Crippen molar-refractivity contribution >= 4 is 23.2 Å².